The molecule has 20 heavy (non-hydrogen) atoms. The fourth-order valence-corrected chi connectivity index (χ4v) is 1.27. The summed E-state index contributed by atoms with van der Waals surface area (Å²) in [6, 6.07) is 4.14. The van der Waals surface area contributed by atoms with E-state index in [4.69, 9.17) is 10.5 Å². The topological polar surface area (TPSA) is 64.3 Å². The molecule has 0 aliphatic rings. The summed E-state index contributed by atoms with van der Waals surface area (Å²) in [5, 5.41) is 2.56. The predicted molar refractivity (Wildman–Crippen MR) is 68.2 cm³/mol. The number of alkyl halides is 3. The fourth-order valence-electron chi connectivity index (χ4n) is 1.27. The van der Waals surface area contributed by atoms with Crippen LogP contribution in [0.2, 0.25) is 0 Å². The molecule has 7 heteroatoms. The Kier molecular flexibility index (Phi) is 4.99. The standard InChI is InChI=1S/C13H17F3N2O2/c1-12(2,17)8-18-11(19)7-20-10-5-3-9(4-6-10)13(14,15)16/h3-6H,7-8,17H2,1-2H3,(H,18,19). The van der Waals surface area contributed by atoms with Gasteiger partial charge in [-0.15, -0.1) is 0 Å². The van der Waals surface area contributed by atoms with Crippen molar-refractivity contribution in [2.24, 2.45) is 5.73 Å². The predicted octanol–water partition coefficient (Wildman–Crippen LogP) is 1.94. The zero-order valence-corrected chi connectivity index (χ0v) is 11.3. The minimum absolute atomic E-state index is 0.195. The van der Waals surface area contributed by atoms with Crippen LogP contribution >= 0.6 is 0 Å². The summed E-state index contributed by atoms with van der Waals surface area (Å²) in [5.74, 6) is -0.191. The molecule has 4 nitrogen and oxygen atoms in total. The number of amides is 1. The lowest BCUT2D eigenvalue weighted by Gasteiger charge is -2.18. The number of halogens is 3. The Labute approximate surface area is 115 Å². The minimum atomic E-state index is -4.39. The van der Waals surface area contributed by atoms with Crippen LogP contribution in [0.4, 0.5) is 13.2 Å². The first-order valence-corrected chi connectivity index (χ1v) is 5.93. The molecule has 0 fully saturated rings. The minimum Gasteiger partial charge on any atom is -0.484 e. The van der Waals surface area contributed by atoms with Crippen LogP contribution in [-0.2, 0) is 11.0 Å². The summed E-state index contributed by atoms with van der Waals surface area (Å²) in [6.45, 7) is 3.51. The van der Waals surface area contributed by atoms with Gasteiger partial charge in [0.15, 0.2) is 6.61 Å². The van der Waals surface area contributed by atoms with Crippen LogP contribution < -0.4 is 15.8 Å². The Morgan fingerprint density at radius 1 is 1.25 bits per heavy atom. The molecule has 0 unspecified atom stereocenters. The van der Waals surface area contributed by atoms with Gasteiger partial charge in [-0.1, -0.05) is 0 Å². The van der Waals surface area contributed by atoms with Gasteiger partial charge in [-0.25, -0.2) is 0 Å². The lowest BCUT2D eigenvalue weighted by molar-refractivity contribution is -0.137. The van der Waals surface area contributed by atoms with Gasteiger partial charge in [0.2, 0.25) is 0 Å². The summed E-state index contributed by atoms with van der Waals surface area (Å²) in [4.78, 5) is 11.4. The van der Waals surface area contributed by atoms with Crippen LogP contribution in [0.3, 0.4) is 0 Å². The van der Waals surface area contributed by atoms with Crippen LogP contribution in [0.1, 0.15) is 19.4 Å². The summed E-state index contributed by atoms with van der Waals surface area (Å²) >= 11 is 0. The van der Waals surface area contributed by atoms with Gasteiger partial charge in [0.1, 0.15) is 5.75 Å². The monoisotopic (exact) mass is 290 g/mol. The second kappa shape index (κ2) is 6.13. The average Bonchev–Trinajstić information content (AvgIpc) is 2.32. The molecule has 1 aromatic carbocycles. The first-order chi connectivity index (χ1) is 9.08. The van der Waals surface area contributed by atoms with E-state index in [0.29, 0.717) is 0 Å². The van der Waals surface area contributed by atoms with E-state index in [9.17, 15) is 18.0 Å². The number of hydrogen-bond acceptors (Lipinski definition) is 3. The van der Waals surface area contributed by atoms with Crippen LogP contribution in [0.25, 0.3) is 0 Å². The average molecular weight is 290 g/mol. The quantitative estimate of drug-likeness (QED) is 0.871. The van der Waals surface area contributed by atoms with Crippen LogP contribution in [0.15, 0.2) is 24.3 Å². The molecule has 0 atom stereocenters. The molecule has 0 aliphatic heterocycles. The number of nitrogens with two attached hydrogens (primary N) is 1. The molecule has 0 heterocycles. The maximum atomic E-state index is 12.3. The SMILES string of the molecule is CC(C)(N)CNC(=O)COc1ccc(C(F)(F)F)cc1. The van der Waals surface area contributed by atoms with Crippen molar-refractivity contribution in [3.05, 3.63) is 29.8 Å². The summed E-state index contributed by atoms with van der Waals surface area (Å²) in [5.41, 5.74) is 4.38. The third kappa shape index (κ3) is 5.92. The molecular formula is C13H17F3N2O2. The highest BCUT2D eigenvalue weighted by molar-refractivity contribution is 5.77. The molecule has 3 N–H and O–H groups in total. The summed E-state index contributed by atoms with van der Waals surface area (Å²) in [7, 11) is 0. The largest absolute Gasteiger partial charge is 0.484 e. The summed E-state index contributed by atoms with van der Waals surface area (Å²) < 4.78 is 42.1. The zero-order valence-electron chi connectivity index (χ0n) is 11.3. The second-order valence-corrected chi connectivity index (χ2v) is 5.08. The van der Waals surface area contributed by atoms with Crippen molar-refractivity contribution in [3.8, 4) is 5.75 Å². The van der Waals surface area contributed by atoms with Gasteiger partial charge in [0.05, 0.1) is 5.56 Å². The number of ether oxygens (including phenoxy) is 1. The Balaban J connectivity index is 2.44. The molecule has 1 aromatic rings. The van der Waals surface area contributed by atoms with E-state index in [0.717, 1.165) is 12.1 Å². The van der Waals surface area contributed by atoms with Gasteiger partial charge in [-0.2, -0.15) is 13.2 Å². The summed E-state index contributed by atoms with van der Waals surface area (Å²) in [6.07, 6.45) is -4.39. The molecule has 1 amide bonds. The normalized spacial score (nSPS) is 12.1. The molecule has 0 saturated carbocycles. The third-order valence-electron chi connectivity index (χ3n) is 2.29. The fraction of sp³-hybridized carbons (Fsp3) is 0.462. The van der Waals surface area contributed by atoms with Gasteiger partial charge in [-0.05, 0) is 38.1 Å². The molecule has 0 saturated heterocycles. The van der Waals surface area contributed by atoms with Gasteiger partial charge in [-0.3, -0.25) is 4.79 Å². The molecule has 112 valence electrons. The number of benzene rings is 1. The first-order valence-electron chi connectivity index (χ1n) is 5.93. The molecular weight excluding hydrogens is 273 g/mol. The highest BCUT2D eigenvalue weighted by Crippen LogP contribution is 2.30. The van der Waals surface area contributed by atoms with Gasteiger partial charge in [0.25, 0.3) is 5.91 Å². The number of nitrogens with one attached hydrogen (secondary N) is 1. The molecule has 0 aliphatic carbocycles. The van der Waals surface area contributed by atoms with Gasteiger partial charge >= 0.3 is 6.18 Å². The van der Waals surface area contributed by atoms with Crippen molar-refractivity contribution in [2.75, 3.05) is 13.2 Å². The van der Waals surface area contributed by atoms with Gasteiger partial charge < -0.3 is 15.8 Å². The number of hydrogen-bond donors (Lipinski definition) is 2. The van der Waals surface area contributed by atoms with E-state index >= 15 is 0 Å². The van der Waals surface area contributed by atoms with E-state index in [1.807, 2.05) is 0 Å². The highest BCUT2D eigenvalue weighted by atomic mass is 19.4. The number of carbonyl (C=O) groups is 1. The van der Waals surface area contributed by atoms with Gasteiger partial charge in [0, 0.05) is 12.1 Å². The van der Waals surface area contributed by atoms with Crippen LogP contribution in [0, 0.1) is 0 Å². The van der Waals surface area contributed by atoms with Crippen molar-refractivity contribution in [1.29, 1.82) is 0 Å². The zero-order chi connectivity index (χ0) is 15.4. The maximum absolute atomic E-state index is 12.3. The van der Waals surface area contributed by atoms with E-state index < -0.39 is 17.3 Å². The Bertz CT molecular complexity index is 450. The van der Waals surface area contributed by atoms with Crippen LogP contribution in [-0.4, -0.2) is 24.6 Å². The number of carbonyl (C=O) groups excluding carboxylic acids is 1. The Morgan fingerprint density at radius 3 is 2.25 bits per heavy atom. The smallest absolute Gasteiger partial charge is 0.416 e. The van der Waals surface area contributed by atoms with E-state index in [1.54, 1.807) is 13.8 Å². The van der Waals surface area contributed by atoms with Crippen molar-refractivity contribution in [2.45, 2.75) is 25.6 Å². The van der Waals surface area contributed by atoms with E-state index in [1.165, 1.54) is 12.1 Å². The van der Waals surface area contributed by atoms with Crippen molar-refractivity contribution in [1.82, 2.24) is 5.32 Å². The Morgan fingerprint density at radius 2 is 1.80 bits per heavy atom. The highest BCUT2D eigenvalue weighted by Gasteiger charge is 2.30. The van der Waals surface area contributed by atoms with Crippen LogP contribution in [0.5, 0.6) is 5.75 Å². The first kappa shape index (κ1) is 16.3. The lowest BCUT2D eigenvalue weighted by Crippen LogP contribution is -2.46. The van der Waals surface area contributed by atoms with E-state index in [-0.39, 0.29) is 24.8 Å². The molecule has 0 bridgehead atoms. The van der Waals surface area contributed by atoms with Crippen molar-refractivity contribution in [3.63, 3.8) is 0 Å². The second-order valence-electron chi connectivity index (χ2n) is 5.08. The lowest BCUT2D eigenvalue weighted by atomic mass is 10.1. The van der Waals surface area contributed by atoms with E-state index in [2.05, 4.69) is 5.32 Å². The van der Waals surface area contributed by atoms with Crippen molar-refractivity contribution >= 4 is 5.91 Å². The molecule has 0 aromatic heterocycles. The maximum Gasteiger partial charge on any atom is 0.416 e. The molecule has 0 spiro atoms. The molecule has 1 rings (SSSR count). The number of rotatable bonds is 5. The third-order valence-corrected chi connectivity index (χ3v) is 2.29. The molecule has 0 radical (unpaired) electrons. The van der Waals surface area contributed by atoms with Crippen molar-refractivity contribution < 1.29 is 22.7 Å². The Hall–Kier alpha value is -1.76.